The van der Waals surface area contributed by atoms with Crippen LogP contribution in [0.4, 0.5) is 5.69 Å². The molecule has 0 atom stereocenters. The number of nitrogens with one attached hydrogen (secondary N) is 2. The van der Waals surface area contributed by atoms with E-state index in [1.54, 1.807) is 12.1 Å². The Balaban J connectivity index is 1.96. The first-order valence-corrected chi connectivity index (χ1v) is 7.16. The van der Waals surface area contributed by atoms with Crippen LogP contribution in [0.3, 0.4) is 0 Å². The molecule has 4 N–H and O–H groups in total. The van der Waals surface area contributed by atoms with Gasteiger partial charge in [-0.2, -0.15) is 0 Å². The second kappa shape index (κ2) is 7.87. The predicted octanol–water partition coefficient (Wildman–Crippen LogP) is 2.35. The number of guanidine groups is 1. The zero-order valence-corrected chi connectivity index (χ0v) is 12.5. The number of hydrogen-bond donors (Lipinski definition) is 3. The Kier molecular flexibility index (Phi) is 5.59. The number of furan rings is 1. The molecule has 0 fully saturated rings. The van der Waals surface area contributed by atoms with E-state index in [0.717, 1.165) is 18.5 Å². The van der Waals surface area contributed by atoms with Gasteiger partial charge in [0.15, 0.2) is 11.7 Å². The van der Waals surface area contributed by atoms with Crippen LogP contribution < -0.4 is 16.4 Å². The van der Waals surface area contributed by atoms with Crippen molar-refractivity contribution in [3.63, 3.8) is 0 Å². The summed E-state index contributed by atoms with van der Waals surface area (Å²) in [6, 6.07) is 10.7. The summed E-state index contributed by atoms with van der Waals surface area (Å²) >= 11 is 0. The van der Waals surface area contributed by atoms with E-state index in [2.05, 4.69) is 22.5 Å². The number of amides is 1. The lowest BCUT2D eigenvalue weighted by atomic mass is 10.2. The highest BCUT2D eigenvalue weighted by Gasteiger charge is 2.08. The second-order valence-electron chi connectivity index (χ2n) is 4.76. The smallest absolute Gasteiger partial charge is 0.291 e. The van der Waals surface area contributed by atoms with Gasteiger partial charge in [-0.1, -0.05) is 19.1 Å². The third kappa shape index (κ3) is 4.66. The molecule has 0 aliphatic heterocycles. The van der Waals surface area contributed by atoms with E-state index in [4.69, 9.17) is 10.2 Å². The molecule has 22 heavy (non-hydrogen) atoms. The van der Waals surface area contributed by atoms with Gasteiger partial charge in [0, 0.05) is 12.2 Å². The van der Waals surface area contributed by atoms with Gasteiger partial charge >= 0.3 is 0 Å². The standard InChI is InChI=1S/C16H20N4O2/c1-2-8-18-16(17)19-11-12-5-3-6-13(10-12)20-15(21)14-7-4-9-22-14/h3-7,9-10H,2,8,11H2,1H3,(H,20,21)(H3,17,18,19). The van der Waals surface area contributed by atoms with E-state index in [1.165, 1.54) is 6.26 Å². The van der Waals surface area contributed by atoms with Gasteiger partial charge in [-0.25, -0.2) is 4.99 Å². The third-order valence-electron chi connectivity index (χ3n) is 2.92. The fraction of sp³-hybridized carbons (Fsp3) is 0.250. The van der Waals surface area contributed by atoms with Crippen LogP contribution in [-0.2, 0) is 6.54 Å². The summed E-state index contributed by atoms with van der Waals surface area (Å²) in [7, 11) is 0. The number of rotatable bonds is 6. The Labute approximate surface area is 129 Å². The maximum atomic E-state index is 11.9. The number of benzene rings is 1. The zero-order chi connectivity index (χ0) is 15.8. The predicted molar refractivity (Wildman–Crippen MR) is 86.7 cm³/mol. The van der Waals surface area contributed by atoms with Crippen molar-refractivity contribution in [3.05, 3.63) is 54.0 Å². The maximum absolute atomic E-state index is 11.9. The summed E-state index contributed by atoms with van der Waals surface area (Å²) in [5, 5.41) is 5.79. The average molecular weight is 300 g/mol. The molecule has 0 bridgehead atoms. The summed E-state index contributed by atoms with van der Waals surface area (Å²) < 4.78 is 5.06. The number of hydrogen-bond acceptors (Lipinski definition) is 3. The first-order chi connectivity index (χ1) is 10.7. The molecule has 0 unspecified atom stereocenters. The molecule has 0 spiro atoms. The molecule has 6 heteroatoms. The normalized spacial score (nSPS) is 11.2. The van der Waals surface area contributed by atoms with E-state index < -0.39 is 0 Å². The molecule has 1 amide bonds. The van der Waals surface area contributed by atoms with Crippen molar-refractivity contribution >= 4 is 17.6 Å². The van der Waals surface area contributed by atoms with Crippen molar-refractivity contribution in [2.75, 3.05) is 11.9 Å². The minimum atomic E-state index is -0.283. The van der Waals surface area contributed by atoms with Crippen LogP contribution in [0.25, 0.3) is 0 Å². The molecule has 6 nitrogen and oxygen atoms in total. The van der Waals surface area contributed by atoms with E-state index in [9.17, 15) is 4.79 Å². The van der Waals surface area contributed by atoms with Crippen LogP contribution in [0.5, 0.6) is 0 Å². The van der Waals surface area contributed by atoms with Crippen LogP contribution in [0.2, 0.25) is 0 Å². The highest BCUT2D eigenvalue weighted by molar-refractivity contribution is 6.02. The Hall–Kier alpha value is -2.76. The minimum absolute atomic E-state index is 0.274. The van der Waals surface area contributed by atoms with Crippen LogP contribution >= 0.6 is 0 Å². The van der Waals surface area contributed by atoms with Crippen molar-refractivity contribution in [1.29, 1.82) is 0 Å². The molecule has 0 aliphatic rings. The molecule has 0 saturated carbocycles. The number of carbonyl (C=O) groups excluding carboxylic acids is 1. The topological polar surface area (TPSA) is 92.6 Å². The first-order valence-electron chi connectivity index (χ1n) is 7.16. The number of anilines is 1. The van der Waals surface area contributed by atoms with Gasteiger partial charge in [-0.3, -0.25) is 4.79 Å². The summed E-state index contributed by atoms with van der Waals surface area (Å²) in [5.41, 5.74) is 7.39. The molecule has 1 aromatic heterocycles. The molecule has 0 aliphatic carbocycles. The quantitative estimate of drug-likeness (QED) is 0.564. The molecule has 2 aromatic rings. The van der Waals surface area contributed by atoms with Gasteiger partial charge in [-0.05, 0) is 36.2 Å². The van der Waals surface area contributed by atoms with Crippen molar-refractivity contribution < 1.29 is 9.21 Å². The van der Waals surface area contributed by atoms with Crippen LogP contribution in [0, 0.1) is 0 Å². The lowest BCUT2D eigenvalue weighted by Crippen LogP contribution is -2.32. The number of nitrogens with two attached hydrogens (primary N) is 1. The summed E-state index contributed by atoms with van der Waals surface area (Å²) in [6.45, 7) is 3.31. The molecule has 1 aromatic carbocycles. The molecule has 1 heterocycles. The fourth-order valence-electron chi connectivity index (χ4n) is 1.83. The van der Waals surface area contributed by atoms with Gasteiger partial charge in [0.05, 0.1) is 12.8 Å². The van der Waals surface area contributed by atoms with Crippen molar-refractivity contribution in [2.24, 2.45) is 10.7 Å². The Morgan fingerprint density at radius 2 is 2.18 bits per heavy atom. The number of nitrogens with zero attached hydrogens (tertiary/aromatic N) is 1. The molecular formula is C16H20N4O2. The van der Waals surface area contributed by atoms with Gasteiger partial charge in [0.1, 0.15) is 0 Å². The highest BCUT2D eigenvalue weighted by atomic mass is 16.3. The Bertz CT molecular complexity index is 635. The van der Waals surface area contributed by atoms with Crippen LogP contribution in [-0.4, -0.2) is 18.4 Å². The van der Waals surface area contributed by atoms with Crippen molar-refractivity contribution in [1.82, 2.24) is 5.32 Å². The average Bonchev–Trinajstić information content (AvgIpc) is 3.06. The van der Waals surface area contributed by atoms with Gasteiger partial charge in [0.2, 0.25) is 0 Å². The van der Waals surface area contributed by atoms with Gasteiger partial charge < -0.3 is 20.8 Å². The van der Waals surface area contributed by atoms with Crippen LogP contribution in [0.15, 0.2) is 52.1 Å². The largest absolute Gasteiger partial charge is 0.459 e. The third-order valence-corrected chi connectivity index (χ3v) is 2.92. The van der Waals surface area contributed by atoms with E-state index in [0.29, 0.717) is 18.2 Å². The van der Waals surface area contributed by atoms with Crippen molar-refractivity contribution in [2.45, 2.75) is 19.9 Å². The monoisotopic (exact) mass is 300 g/mol. The maximum Gasteiger partial charge on any atom is 0.291 e. The number of aliphatic imine (C=N–C) groups is 1. The number of carbonyl (C=O) groups is 1. The Morgan fingerprint density at radius 1 is 1.32 bits per heavy atom. The SMILES string of the molecule is CCCNC(N)=NCc1cccc(NC(=O)c2ccco2)c1. The molecule has 2 rings (SSSR count). The fourth-order valence-corrected chi connectivity index (χ4v) is 1.83. The Morgan fingerprint density at radius 3 is 2.91 bits per heavy atom. The highest BCUT2D eigenvalue weighted by Crippen LogP contribution is 2.13. The second-order valence-corrected chi connectivity index (χ2v) is 4.76. The lowest BCUT2D eigenvalue weighted by molar-refractivity contribution is 0.0996. The lowest BCUT2D eigenvalue weighted by Gasteiger charge is -2.06. The summed E-state index contributed by atoms with van der Waals surface area (Å²) in [6.07, 6.45) is 2.46. The van der Waals surface area contributed by atoms with E-state index in [-0.39, 0.29) is 11.7 Å². The molecule has 116 valence electrons. The van der Waals surface area contributed by atoms with E-state index in [1.807, 2.05) is 24.3 Å². The van der Waals surface area contributed by atoms with E-state index >= 15 is 0 Å². The first kappa shape index (κ1) is 15.6. The van der Waals surface area contributed by atoms with Crippen LogP contribution in [0.1, 0.15) is 29.5 Å². The zero-order valence-electron chi connectivity index (χ0n) is 12.5. The van der Waals surface area contributed by atoms with Gasteiger partial charge in [0.25, 0.3) is 5.91 Å². The van der Waals surface area contributed by atoms with Gasteiger partial charge in [-0.15, -0.1) is 0 Å². The minimum Gasteiger partial charge on any atom is -0.459 e. The van der Waals surface area contributed by atoms with Crippen molar-refractivity contribution in [3.8, 4) is 0 Å². The summed E-state index contributed by atoms with van der Waals surface area (Å²) in [5.74, 6) is 0.415. The summed E-state index contributed by atoms with van der Waals surface area (Å²) in [4.78, 5) is 16.2. The molecular weight excluding hydrogens is 280 g/mol. The molecule has 0 radical (unpaired) electrons. The molecule has 0 saturated heterocycles.